The molecule has 1 aromatic heterocycles. The number of piperidine rings is 2. The lowest BCUT2D eigenvalue weighted by Crippen LogP contribution is -2.60. The standard InChI is InChI=1S/C38H47F4N7O5S/c39-29-19-27(20-31-35(29)37(52)45-33(44-31)23-55-28-9-17-53-18-10-28)54-22-24-7-11-47(12-8-24)13-14-48-15-16-49(32(21-48)38(40,41)42)26-3-1-25(2-4-26)43-30-5-6-34(50)46-36(30)51/h1-4,19-20,24,28,30,32,43H,5-18,21-23H2,(H,44,45,52)(H,46,50,51). The Balaban J connectivity index is 0.862. The van der Waals surface area contributed by atoms with Crippen LogP contribution in [0.3, 0.4) is 0 Å². The van der Waals surface area contributed by atoms with E-state index < -0.39 is 35.5 Å². The third-order valence-corrected chi connectivity index (χ3v) is 12.3. The number of ether oxygens (including phenoxy) is 2. The fourth-order valence-corrected chi connectivity index (χ4v) is 8.78. The van der Waals surface area contributed by atoms with Crippen LogP contribution in [0.25, 0.3) is 10.9 Å². The molecule has 4 aliphatic rings. The highest BCUT2D eigenvalue weighted by Gasteiger charge is 2.46. The predicted octanol–water partition coefficient (Wildman–Crippen LogP) is 4.54. The first kappa shape index (κ1) is 39.3. The Bertz CT molecular complexity index is 1870. The Kier molecular flexibility index (Phi) is 12.5. The van der Waals surface area contributed by atoms with E-state index in [0.717, 1.165) is 52.0 Å². The first-order chi connectivity index (χ1) is 26.5. The molecule has 17 heteroatoms. The maximum Gasteiger partial charge on any atom is 0.409 e. The van der Waals surface area contributed by atoms with E-state index in [0.29, 0.717) is 66.6 Å². The van der Waals surface area contributed by atoms with Crippen molar-refractivity contribution in [2.24, 2.45) is 5.92 Å². The zero-order valence-corrected chi connectivity index (χ0v) is 31.4. The number of nitrogens with one attached hydrogen (secondary N) is 3. The highest BCUT2D eigenvalue weighted by atomic mass is 32.2. The van der Waals surface area contributed by atoms with Gasteiger partial charge in [0.25, 0.3) is 5.56 Å². The Morgan fingerprint density at radius 1 is 0.945 bits per heavy atom. The van der Waals surface area contributed by atoms with E-state index in [1.807, 2.05) is 4.90 Å². The number of amides is 2. The van der Waals surface area contributed by atoms with E-state index in [2.05, 4.69) is 25.5 Å². The molecule has 2 aromatic carbocycles. The number of likely N-dealkylation sites (tertiary alicyclic amines) is 1. The Morgan fingerprint density at radius 3 is 2.42 bits per heavy atom. The first-order valence-electron chi connectivity index (χ1n) is 19.0. The average molecular weight is 790 g/mol. The highest BCUT2D eigenvalue weighted by molar-refractivity contribution is 7.99. The van der Waals surface area contributed by atoms with Gasteiger partial charge in [-0.25, -0.2) is 9.37 Å². The quantitative estimate of drug-likeness (QED) is 0.177. The molecule has 0 bridgehead atoms. The number of aromatic amines is 1. The Morgan fingerprint density at radius 2 is 1.69 bits per heavy atom. The van der Waals surface area contributed by atoms with E-state index in [1.54, 1.807) is 42.1 Å². The van der Waals surface area contributed by atoms with Gasteiger partial charge in [-0.3, -0.25) is 24.6 Å². The molecule has 5 heterocycles. The van der Waals surface area contributed by atoms with E-state index >= 15 is 4.39 Å². The summed E-state index contributed by atoms with van der Waals surface area (Å²) < 4.78 is 69.5. The maximum absolute atomic E-state index is 15.0. The molecular weight excluding hydrogens is 743 g/mol. The molecule has 0 saturated carbocycles. The number of nitrogens with zero attached hydrogens (tertiary/aromatic N) is 4. The van der Waals surface area contributed by atoms with Crippen molar-refractivity contribution in [2.45, 2.75) is 67.8 Å². The number of benzene rings is 2. The van der Waals surface area contributed by atoms with Crippen molar-refractivity contribution in [2.75, 3.05) is 75.9 Å². The maximum atomic E-state index is 15.0. The molecular formula is C38H47F4N7O5S. The molecule has 3 aromatic rings. The molecule has 7 rings (SSSR count). The number of hydrogen-bond acceptors (Lipinski definition) is 11. The molecule has 4 aliphatic heterocycles. The van der Waals surface area contributed by atoms with Crippen LogP contribution in [0.2, 0.25) is 0 Å². The molecule has 0 aliphatic carbocycles. The fourth-order valence-electron chi connectivity index (χ4n) is 7.73. The number of halogens is 4. The second kappa shape index (κ2) is 17.5. The van der Waals surface area contributed by atoms with E-state index in [4.69, 9.17) is 9.47 Å². The number of thioether (sulfide) groups is 1. The van der Waals surface area contributed by atoms with Crippen LogP contribution in [-0.2, 0) is 20.1 Å². The monoisotopic (exact) mass is 789 g/mol. The first-order valence-corrected chi connectivity index (χ1v) is 20.1. The van der Waals surface area contributed by atoms with Crippen molar-refractivity contribution in [1.29, 1.82) is 0 Å². The summed E-state index contributed by atoms with van der Waals surface area (Å²) in [5.74, 6) is 0.175. The van der Waals surface area contributed by atoms with Crippen LogP contribution in [0.15, 0.2) is 41.2 Å². The number of fused-ring (bicyclic) bond motifs is 1. The van der Waals surface area contributed by atoms with Crippen molar-refractivity contribution in [3.05, 3.63) is 58.4 Å². The summed E-state index contributed by atoms with van der Waals surface area (Å²) in [5, 5.41) is 5.70. The van der Waals surface area contributed by atoms with Gasteiger partial charge in [-0.1, -0.05) is 0 Å². The molecule has 4 saturated heterocycles. The number of anilines is 2. The van der Waals surface area contributed by atoms with Crippen LogP contribution in [0.4, 0.5) is 28.9 Å². The van der Waals surface area contributed by atoms with Gasteiger partial charge in [0.05, 0.1) is 17.9 Å². The SMILES string of the molecule is O=C1CCC(Nc2ccc(N3CCN(CCN4CCC(COc5cc(F)c6c(=O)[nH]c(CSC7CCOCC7)nc6c5)CC4)CC3C(F)(F)F)cc2)C(=O)N1. The van der Waals surface area contributed by atoms with Crippen LogP contribution in [0.1, 0.15) is 44.3 Å². The number of H-pyrrole nitrogens is 1. The van der Waals surface area contributed by atoms with Gasteiger partial charge < -0.3 is 29.6 Å². The lowest BCUT2D eigenvalue weighted by Gasteiger charge is -2.44. The smallest absolute Gasteiger partial charge is 0.409 e. The van der Waals surface area contributed by atoms with E-state index in [9.17, 15) is 27.6 Å². The summed E-state index contributed by atoms with van der Waals surface area (Å²) in [6.45, 7) is 5.17. The molecule has 4 fully saturated rings. The van der Waals surface area contributed by atoms with Crippen molar-refractivity contribution < 1.29 is 36.6 Å². The summed E-state index contributed by atoms with van der Waals surface area (Å²) in [5.41, 5.74) is 0.814. The van der Waals surface area contributed by atoms with Gasteiger partial charge in [-0.15, -0.1) is 0 Å². The van der Waals surface area contributed by atoms with Crippen molar-refractivity contribution in [3.63, 3.8) is 0 Å². The van der Waals surface area contributed by atoms with Crippen LogP contribution < -0.4 is 25.8 Å². The van der Waals surface area contributed by atoms with Crippen LogP contribution in [0, 0.1) is 11.7 Å². The molecule has 0 radical (unpaired) electrons. The fraction of sp³-hybridized carbons (Fsp3) is 0.579. The second-order valence-corrected chi connectivity index (χ2v) is 16.1. The van der Waals surface area contributed by atoms with Gasteiger partial charge in [0.1, 0.15) is 34.9 Å². The van der Waals surface area contributed by atoms with Gasteiger partial charge in [0.2, 0.25) is 11.8 Å². The minimum Gasteiger partial charge on any atom is -0.493 e. The Labute approximate surface area is 320 Å². The topological polar surface area (TPSA) is 132 Å². The molecule has 2 amide bonds. The summed E-state index contributed by atoms with van der Waals surface area (Å²) in [6.07, 6.45) is -0.266. The van der Waals surface area contributed by atoms with Crippen LogP contribution >= 0.6 is 11.8 Å². The number of alkyl halides is 3. The van der Waals surface area contributed by atoms with Gasteiger partial charge >= 0.3 is 6.18 Å². The lowest BCUT2D eigenvalue weighted by molar-refractivity contribution is -0.156. The molecule has 2 unspecified atom stereocenters. The van der Waals surface area contributed by atoms with E-state index in [-0.39, 0.29) is 42.2 Å². The number of rotatable bonds is 12. The second-order valence-electron chi connectivity index (χ2n) is 14.8. The summed E-state index contributed by atoms with van der Waals surface area (Å²) >= 11 is 1.71. The largest absolute Gasteiger partial charge is 0.493 e. The van der Waals surface area contributed by atoms with Gasteiger partial charge in [0.15, 0.2) is 0 Å². The molecule has 3 N–H and O–H groups in total. The average Bonchev–Trinajstić information content (AvgIpc) is 3.17. The minimum atomic E-state index is -4.42. The number of carbonyl (C=O) groups is 2. The van der Waals surface area contributed by atoms with Crippen molar-refractivity contribution in [1.82, 2.24) is 25.1 Å². The molecule has 0 spiro atoms. The van der Waals surface area contributed by atoms with E-state index in [1.165, 1.54) is 11.0 Å². The van der Waals surface area contributed by atoms with Crippen LogP contribution in [-0.4, -0.2) is 121 Å². The molecule has 55 heavy (non-hydrogen) atoms. The van der Waals surface area contributed by atoms with Gasteiger partial charge in [0, 0.05) is 81.1 Å². The molecule has 12 nitrogen and oxygen atoms in total. The number of piperazine rings is 1. The Hall–Kier alpha value is -3.93. The predicted molar refractivity (Wildman–Crippen MR) is 202 cm³/mol. The number of aromatic nitrogens is 2. The third kappa shape index (κ3) is 10.1. The third-order valence-electron chi connectivity index (χ3n) is 11.0. The van der Waals surface area contributed by atoms with Gasteiger partial charge in [-0.2, -0.15) is 24.9 Å². The number of carbonyl (C=O) groups excluding carboxylic acids is 2. The minimum absolute atomic E-state index is 0.0846. The number of imide groups is 1. The summed E-state index contributed by atoms with van der Waals surface area (Å²) in [7, 11) is 0. The molecule has 298 valence electrons. The molecule has 2 atom stereocenters. The van der Waals surface area contributed by atoms with Crippen LogP contribution in [0.5, 0.6) is 5.75 Å². The van der Waals surface area contributed by atoms with Crippen molar-refractivity contribution in [3.8, 4) is 5.75 Å². The summed E-state index contributed by atoms with van der Waals surface area (Å²) in [6, 6.07) is 7.22. The highest BCUT2D eigenvalue weighted by Crippen LogP contribution is 2.33. The van der Waals surface area contributed by atoms with Gasteiger partial charge in [-0.05, 0) is 75.4 Å². The zero-order valence-electron chi connectivity index (χ0n) is 30.5. The normalized spacial score (nSPS) is 22.6. The number of hydrogen-bond donors (Lipinski definition) is 3. The lowest BCUT2D eigenvalue weighted by atomic mass is 9.98. The van der Waals surface area contributed by atoms with Crippen molar-refractivity contribution >= 4 is 45.9 Å². The summed E-state index contributed by atoms with van der Waals surface area (Å²) in [4.78, 5) is 49.0. The zero-order chi connectivity index (χ0) is 38.5.